The average Bonchev–Trinajstić information content (AvgIpc) is 3.02. The number of carbonyl (C=O) groups is 1. The highest BCUT2D eigenvalue weighted by molar-refractivity contribution is 5.76. The van der Waals surface area contributed by atoms with Gasteiger partial charge in [0.25, 0.3) is 0 Å². The van der Waals surface area contributed by atoms with Crippen LogP contribution in [0, 0.1) is 21.4 Å². The normalized spacial score (nSPS) is 11.4. The fourth-order valence-corrected chi connectivity index (χ4v) is 2.04. The number of amides is 1. The molecule has 0 bridgehead atoms. The van der Waals surface area contributed by atoms with E-state index in [4.69, 9.17) is 5.26 Å². The van der Waals surface area contributed by atoms with Crippen LogP contribution in [-0.4, -0.2) is 20.6 Å². The van der Waals surface area contributed by atoms with Gasteiger partial charge in [0.15, 0.2) is 0 Å². The predicted octanol–water partition coefficient (Wildman–Crippen LogP) is 1.95. The lowest BCUT2D eigenvalue weighted by atomic mass is 10.1. The Hall–Kier alpha value is -3.21. The summed E-state index contributed by atoms with van der Waals surface area (Å²) < 4.78 is 1.42. The highest BCUT2D eigenvalue weighted by Gasteiger charge is 2.13. The van der Waals surface area contributed by atoms with Crippen molar-refractivity contribution in [1.82, 2.24) is 15.1 Å². The Bertz CT molecular complexity index is 720. The molecule has 0 saturated carbocycles. The van der Waals surface area contributed by atoms with Gasteiger partial charge >= 0.3 is 5.69 Å². The molecule has 2 rings (SSSR count). The Morgan fingerprint density at radius 3 is 2.78 bits per heavy atom. The van der Waals surface area contributed by atoms with Crippen molar-refractivity contribution in [3.05, 3.63) is 58.4 Å². The first-order valence-electron chi connectivity index (χ1n) is 7.01. The zero-order chi connectivity index (χ0) is 16.7. The first kappa shape index (κ1) is 16.2. The zero-order valence-electron chi connectivity index (χ0n) is 12.3. The number of benzene rings is 1. The highest BCUT2D eigenvalue weighted by atomic mass is 16.6. The molecule has 0 spiro atoms. The molecule has 0 fully saturated rings. The minimum Gasteiger partial charge on any atom is -0.337 e. The maximum atomic E-state index is 11.9. The summed E-state index contributed by atoms with van der Waals surface area (Å²) in [6, 6.07) is 10.4. The van der Waals surface area contributed by atoms with Crippen molar-refractivity contribution in [2.24, 2.45) is 0 Å². The van der Waals surface area contributed by atoms with E-state index in [1.165, 1.54) is 17.1 Å². The monoisotopic (exact) mass is 313 g/mol. The first-order valence-corrected chi connectivity index (χ1v) is 7.01. The minimum absolute atomic E-state index is 0.0805. The van der Waals surface area contributed by atoms with Crippen LogP contribution in [0.15, 0.2) is 42.7 Å². The molecule has 0 saturated heterocycles. The Balaban J connectivity index is 1.80. The number of aromatic nitrogens is 2. The predicted molar refractivity (Wildman–Crippen MR) is 81.1 cm³/mol. The first-order chi connectivity index (χ1) is 11.1. The largest absolute Gasteiger partial charge is 0.337 e. The summed E-state index contributed by atoms with van der Waals surface area (Å²) in [5.74, 6) is -0.248. The van der Waals surface area contributed by atoms with Crippen molar-refractivity contribution in [2.75, 3.05) is 0 Å². The fourth-order valence-electron chi connectivity index (χ4n) is 2.04. The van der Waals surface area contributed by atoms with Gasteiger partial charge in [-0.15, -0.1) is 0 Å². The fraction of sp³-hybridized carbons (Fsp3) is 0.267. The van der Waals surface area contributed by atoms with E-state index in [1.807, 2.05) is 12.1 Å². The van der Waals surface area contributed by atoms with Crippen LogP contribution in [0.3, 0.4) is 0 Å². The lowest BCUT2D eigenvalue weighted by molar-refractivity contribution is -0.385. The van der Waals surface area contributed by atoms with E-state index < -0.39 is 11.0 Å². The Labute approximate surface area is 132 Å². The van der Waals surface area contributed by atoms with E-state index in [1.54, 1.807) is 24.3 Å². The number of hydrogen-bond acceptors (Lipinski definition) is 5. The number of nitrogens with zero attached hydrogens (tertiary/aromatic N) is 4. The van der Waals surface area contributed by atoms with Gasteiger partial charge in [0.1, 0.15) is 18.4 Å². The summed E-state index contributed by atoms with van der Waals surface area (Å²) in [6.45, 7) is 0.393. The van der Waals surface area contributed by atoms with Crippen LogP contribution in [0.1, 0.15) is 24.4 Å². The van der Waals surface area contributed by atoms with E-state index >= 15 is 0 Å². The van der Waals surface area contributed by atoms with Crippen molar-refractivity contribution < 1.29 is 9.72 Å². The van der Waals surface area contributed by atoms with Crippen LogP contribution in [0.5, 0.6) is 0 Å². The second kappa shape index (κ2) is 7.70. The van der Waals surface area contributed by atoms with Crippen molar-refractivity contribution in [1.29, 1.82) is 5.26 Å². The van der Waals surface area contributed by atoms with E-state index in [-0.39, 0.29) is 18.0 Å². The molecule has 1 unspecified atom stereocenters. The molecule has 8 heteroatoms. The molecular formula is C15H15N5O3. The molecule has 1 heterocycles. The van der Waals surface area contributed by atoms with Gasteiger partial charge in [-0.3, -0.25) is 19.6 Å². The van der Waals surface area contributed by atoms with Gasteiger partial charge in [0.05, 0.1) is 11.0 Å². The van der Waals surface area contributed by atoms with Crippen molar-refractivity contribution >= 4 is 11.6 Å². The highest BCUT2D eigenvalue weighted by Crippen LogP contribution is 2.12. The van der Waals surface area contributed by atoms with Crippen LogP contribution < -0.4 is 5.32 Å². The molecule has 118 valence electrons. The molecular weight excluding hydrogens is 298 g/mol. The Morgan fingerprint density at radius 2 is 2.17 bits per heavy atom. The topological polar surface area (TPSA) is 114 Å². The summed E-state index contributed by atoms with van der Waals surface area (Å²) >= 11 is 0. The molecule has 8 nitrogen and oxygen atoms in total. The summed E-state index contributed by atoms with van der Waals surface area (Å²) in [5, 5.41) is 26.2. The minimum atomic E-state index is -0.686. The molecule has 1 amide bonds. The number of nitrogens with one attached hydrogen (secondary N) is 1. The maximum absolute atomic E-state index is 11.9. The standard InChI is InChI=1S/C15H15N5O3/c16-9-14(12-5-2-1-3-6-12)18-15(21)7-4-8-19-11-13(10-17-19)20(22)23/h1-3,5-6,10-11,14H,4,7-8H2,(H,18,21). The number of nitro groups is 1. The quantitative estimate of drug-likeness (QED) is 0.620. The molecule has 23 heavy (non-hydrogen) atoms. The second-order valence-electron chi connectivity index (χ2n) is 4.86. The number of carbonyl (C=O) groups excluding carboxylic acids is 1. The average molecular weight is 313 g/mol. The van der Waals surface area contributed by atoms with Crippen LogP contribution in [0.4, 0.5) is 5.69 Å². The second-order valence-corrected chi connectivity index (χ2v) is 4.86. The lowest BCUT2D eigenvalue weighted by Gasteiger charge is -2.11. The third kappa shape index (κ3) is 4.64. The van der Waals surface area contributed by atoms with Crippen LogP contribution >= 0.6 is 0 Å². The van der Waals surface area contributed by atoms with E-state index in [0.29, 0.717) is 13.0 Å². The van der Waals surface area contributed by atoms with Gasteiger partial charge in [-0.2, -0.15) is 10.4 Å². The van der Waals surface area contributed by atoms with Crippen LogP contribution in [0.2, 0.25) is 0 Å². The summed E-state index contributed by atoms with van der Waals surface area (Å²) in [4.78, 5) is 21.9. The maximum Gasteiger partial charge on any atom is 0.306 e. The van der Waals surface area contributed by atoms with Gasteiger partial charge in [-0.25, -0.2) is 0 Å². The molecule has 1 N–H and O–H groups in total. The SMILES string of the molecule is N#CC(NC(=O)CCCn1cc([N+](=O)[O-])cn1)c1ccccc1. The molecule has 0 aliphatic carbocycles. The smallest absolute Gasteiger partial charge is 0.306 e. The van der Waals surface area contributed by atoms with Crippen molar-refractivity contribution in [3.63, 3.8) is 0 Å². The third-order valence-corrected chi connectivity index (χ3v) is 3.19. The van der Waals surface area contributed by atoms with Gasteiger partial charge in [-0.1, -0.05) is 30.3 Å². The van der Waals surface area contributed by atoms with E-state index in [2.05, 4.69) is 10.4 Å². The molecule has 0 aliphatic rings. The third-order valence-electron chi connectivity index (χ3n) is 3.19. The Morgan fingerprint density at radius 1 is 1.43 bits per heavy atom. The zero-order valence-corrected chi connectivity index (χ0v) is 12.3. The van der Waals surface area contributed by atoms with Crippen LogP contribution in [-0.2, 0) is 11.3 Å². The van der Waals surface area contributed by atoms with Crippen molar-refractivity contribution in [2.45, 2.75) is 25.4 Å². The lowest BCUT2D eigenvalue weighted by Crippen LogP contribution is -2.27. The number of hydrogen-bond donors (Lipinski definition) is 1. The molecule has 0 radical (unpaired) electrons. The van der Waals surface area contributed by atoms with E-state index in [9.17, 15) is 14.9 Å². The summed E-state index contributed by atoms with van der Waals surface area (Å²) in [5.41, 5.74) is 0.647. The number of aryl methyl sites for hydroxylation is 1. The van der Waals surface area contributed by atoms with Gasteiger partial charge in [0, 0.05) is 13.0 Å². The number of rotatable bonds is 7. The molecule has 2 aromatic rings. The summed E-state index contributed by atoms with van der Waals surface area (Å²) in [7, 11) is 0. The molecule has 1 aromatic heterocycles. The van der Waals surface area contributed by atoms with Crippen LogP contribution in [0.25, 0.3) is 0 Å². The van der Waals surface area contributed by atoms with Crippen molar-refractivity contribution in [3.8, 4) is 6.07 Å². The summed E-state index contributed by atoms with van der Waals surface area (Å²) in [6.07, 6.45) is 3.16. The van der Waals surface area contributed by atoms with Gasteiger partial charge in [-0.05, 0) is 12.0 Å². The Kier molecular flexibility index (Phi) is 5.41. The van der Waals surface area contributed by atoms with E-state index in [0.717, 1.165) is 5.56 Å². The molecule has 1 aromatic carbocycles. The molecule has 0 aliphatic heterocycles. The van der Waals surface area contributed by atoms with Gasteiger partial charge < -0.3 is 5.32 Å². The number of nitriles is 1. The van der Waals surface area contributed by atoms with Gasteiger partial charge in [0.2, 0.25) is 5.91 Å². The molecule has 1 atom stereocenters.